The smallest absolute Gasteiger partial charge is 0.258 e. The van der Waals surface area contributed by atoms with Gasteiger partial charge in [0.05, 0.1) is 6.61 Å². The Balaban J connectivity index is 2.08. The van der Waals surface area contributed by atoms with Crippen LogP contribution in [-0.4, -0.2) is 20.7 Å². The Bertz CT molecular complexity index is 928. The molecule has 0 aliphatic carbocycles. The average molecular weight is 408 g/mol. The third-order valence-electron chi connectivity index (χ3n) is 4.75. The second-order valence-electron chi connectivity index (χ2n) is 7.16. The van der Waals surface area contributed by atoms with E-state index in [2.05, 4.69) is 5.32 Å². The van der Waals surface area contributed by atoms with Crippen molar-refractivity contribution in [3.8, 4) is 0 Å². The van der Waals surface area contributed by atoms with Crippen molar-refractivity contribution in [2.75, 3.05) is 30.9 Å². The van der Waals surface area contributed by atoms with E-state index in [-0.39, 0.29) is 0 Å². The van der Waals surface area contributed by atoms with Gasteiger partial charge in [-0.1, -0.05) is 55.5 Å². The quantitative estimate of drug-likeness (QED) is 0.448. The largest absolute Gasteiger partial charge is 0.378 e. The lowest BCUT2D eigenvalue weighted by Crippen LogP contribution is -2.21. The number of hydrogen-bond donors (Lipinski definition) is 1. The molecular weight excluding hydrogens is 379 g/mol. The summed E-state index contributed by atoms with van der Waals surface area (Å²) in [7, 11) is 0.719. The predicted octanol–water partition coefficient (Wildman–Crippen LogP) is 5.89. The number of hydrogen-bond acceptors (Lipinski definition) is 4. The number of benzene rings is 3. The summed E-state index contributed by atoms with van der Waals surface area (Å²) in [5, 5.41) is 4.20. The van der Waals surface area contributed by atoms with E-state index in [1.165, 1.54) is 0 Å². The molecule has 0 saturated carbocycles. The molecule has 0 bridgehead atoms. The van der Waals surface area contributed by atoms with Crippen molar-refractivity contribution in [1.29, 1.82) is 0 Å². The molecule has 0 aliphatic rings. The van der Waals surface area contributed by atoms with Crippen LogP contribution in [-0.2, 0) is 9.09 Å². The van der Waals surface area contributed by atoms with E-state index in [0.717, 1.165) is 23.4 Å². The van der Waals surface area contributed by atoms with E-state index in [1.54, 1.807) is 0 Å². The highest BCUT2D eigenvalue weighted by molar-refractivity contribution is 7.67. The molecule has 29 heavy (non-hydrogen) atoms. The molecule has 0 fully saturated rings. The number of nitrogens with zero attached hydrogens (tertiary/aromatic N) is 1. The summed E-state index contributed by atoms with van der Waals surface area (Å²) in [6.07, 6.45) is 0.798. The Morgan fingerprint density at radius 1 is 0.897 bits per heavy atom. The van der Waals surface area contributed by atoms with E-state index in [0.29, 0.717) is 11.9 Å². The molecule has 4 nitrogen and oxygen atoms in total. The summed E-state index contributed by atoms with van der Waals surface area (Å²) in [5.74, 6) is -0.483. The zero-order chi connectivity index (χ0) is 20.7. The van der Waals surface area contributed by atoms with Crippen LogP contribution >= 0.6 is 7.37 Å². The van der Waals surface area contributed by atoms with Crippen LogP contribution in [0.1, 0.15) is 24.7 Å². The second kappa shape index (κ2) is 9.78. The van der Waals surface area contributed by atoms with Crippen molar-refractivity contribution in [2.45, 2.75) is 19.1 Å². The van der Waals surface area contributed by atoms with Gasteiger partial charge in [0.25, 0.3) is 7.37 Å². The maximum atomic E-state index is 14.5. The van der Waals surface area contributed by atoms with Gasteiger partial charge in [-0.05, 0) is 48.4 Å². The minimum atomic E-state index is -3.27. The van der Waals surface area contributed by atoms with Crippen LogP contribution in [0.4, 0.5) is 11.4 Å². The van der Waals surface area contributed by atoms with E-state index < -0.39 is 13.2 Å². The van der Waals surface area contributed by atoms with Crippen molar-refractivity contribution >= 4 is 24.0 Å². The summed E-state index contributed by atoms with van der Waals surface area (Å²) in [6.45, 7) is 2.47. The fourth-order valence-corrected chi connectivity index (χ4v) is 5.67. The van der Waals surface area contributed by atoms with Crippen molar-refractivity contribution in [3.63, 3.8) is 0 Å². The molecule has 0 aliphatic heterocycles. The van der Waals surface area contributed by atoms with Crippen LogP contribution in [0.3, 0.4) is 0 Å². The highest BCUT2D eigenvalue weighted by atomic mass is 31.2. The molecule has 0 unspecified atom stereocenters. The molecule has 3 aromatic rings. The van der Waals surface area contributed by atoms with Gasteiger partial charge >= 0.3 is 0 Å². The summed E-state index contributed by atoms with van der Waals surface area (Å²) in [6, 6.07) is 27.6. The number of nitrogens with one attached hydrogen (secondary N) is 1. The summed E-state index contributed by atoms with van der Waals surface area (Å²) < 4.78 is 20.6. The van der Waals surface area contributed by atoms with Gasteiger partial charge in [-0.2, -0.15) is 0 Å². The number of rotatable bonds is 9. The minimum Gasteiger partial charge on any atom is -0.378 e. The molecule has 0 amide bonds. The maximum absolute atomic E-state index is 14.5. The predicted molar refractivity (Wildman–Crippen MR) is 124 cm³/mol. The lowest BCUT2D eigenvalue weighted by molar-refractivity contribution is 0.315. The molecule has 0 spiro atoms. The Morgan fingerprint density at radius 3 is 2.03 bits per heavy atom. The van der Waals surface area contributed by atoms with Crippen molar-refractivity contribution in [1.82, 2.24) is 0 Å². The monoisotopic (exact) mass is 408 g/mol. The molecule has 0 heterocycles. The zero-order valence-electron chi connectivity index (χ0n) is 17.3. The topological polar surface area (TPSA) is 41.6 Å². The summed E-state index contributed by atoms with van der Waals surface area (Å²) >= 11 is 0. The Hall–Kier alpha value is -2.55. The van der Waals surface area contributed by atoms with Gasteiger partial charge in [0, 0.05) is 30.8 Å². The van der Waals surface area contributed by atoms with Gasteiger partial charge in [-0.25, -0.2) is 0 Å². The molecular formula is C24H29N2O2P. The average Bonchev–Trinajstić information content (AvgIpc) is 2.77. The zero-order valence-corrected chi connectivity index (χ0v) is 18.2. The third-order valence-corrected chi connectivity index (χ3v) is 7.44. The van der Waals surface area contributed by atoms with Gasteiger partial charge in [-0.3, -0.25) is 4.57 Å². The molecule has 0 aromatic heterocycles. The van der Waals surface area contributed by atoms with Crippen LogP contribution in [0.5, 0.6) is 0 Å². The number of para-hydroxylation sites is 1. The Morgan fingerprint density at radius 2 is 1.48 bits per heavy atom. The highest BCUT2D eigenvalue weighted by Crippen LogP contribution is 2.59. The first-order valence-corrected chi connectivity index (χ1v) is 11.6. The standard InChI is InChI=1S/C24H29N2O2P/c1-4-19-28-29(27,23-17-15-22(16-18-23)26(2)3)24(20-11-7-5-8-12-20)25-21-13-9-6-10-14-21/h5-18,24-25H,4,19H2,1-3H3/t24-,29-/m0/s1. The summed E-state index contributed by atoms with van der Waals surface area (Å²) in [5.41, 5.74) is 2.90. The first kappa shape index (κ1) is 21.2. The van der Waals surface area contributed by atoms with Crippen LogP contribution in [0.25, 0.3) is 0 Å². The SMILES string of the molecule is CCCO[P@@](=O)(c1ccc(N(C)C)cc1)[C@H](Nc1ccccc1)c1ccccc1. The molecule has 152 valence electrons. The maximum Gasteiger partial charge on any atom is 0.258 e. The van der Waals surface area contributed by atoms with Crippen molar-refractivity contribution in [3.05, 3.63) is 90.5 Å². The first-order chi connectivity index (χ1) is 14.0. The first-order valence-electron chi connectivity index (χ1n) is 9.93. The molecule has 1 N–H and O–H groups in total. The highest BCUT2D eigenvalue weighted by Gasteiger charge is 2.37. The second-order valence-corrected chi connectivity index (χ2v) is 9.65. The van der Waals surface area contributed by atoms with Crippen LogP contribution in [0.15, 0.2) is 84.9 Å². The molecule has 5 heteroatoms. The van der Waals surface area contributed by atoms with Gasteiger partial charge in [-0.15, -0.1) is 0 Å². The molecule has 3 rings (SSSR count). The van der Waals surface area contributed by atoms with E-state index in [1.807, 2.05) is 111 Å². The molecule has 2 atom stereocenters. The van der Waals surface area contributed by atoms with E-state index >= 15 is 0 Å². The minimum absolute atomic E-state index is 0.437. The molecule has 0 saturated heterocycles. The fourth-order valence-electron chi connectivity index (χ4n) is 3.18. The fraction of sp³-hybridized carbons (Fsp3) is 0.250. The van der Waals surface area contributed by atoms with Gasteiger partial charge in [0.2, 0.25) is 0 Å². The lowest BCUT2D eigenvalue weighted by Gasteiger charge is -2.30. The van der Waals surface area contributed by atoms with Gasteiger partial charge in [0.15, 0.2) is 0 Å². The normalized spacial score (nSPS) is 14.0. The van der Waals surface area contributed by atoms with Crippen molar-refractivity contribution < 1.29 is 9.09 Å². The molecule has 3 aromatic carbocycles. The van der Waals surface area contributed by atoms with E-state index in [9.17, 15) is 4.57 Å². The van der Waals surface area contributed by atoms with Gasteiger partial charge in [0.1, 0.15) is 5.78 Å². The van der Waals surface area contributed by atoms with Crippen LogP contribution in [0.2, 0.25) is 0 Å². The summed E-state index contributed by atoms with van der Waals surface area (Å²) in [4.78, 5) is 2.03. The Kier molecular flexibility index (Phi) is 7.13. The van der Waals surface area contributed by atoms with Crippen LogP contribution in [0, 0.1) is 0 Å². The van der Waals surface area contributed by atoms with Crippen molar-refractivity contribution in [2.24, 2.45) is 0 Å². The van der Waals surface area contributed by atoms with Crippen LogP contribution < -0.4 is 15.5 Å². The lowest BCUT2D eigenvalue weighted by atomic mass is 10.2. The third kappa shape index (κ3) is 5.09. The Labute approximate surface area is 174 Å². The number of anilines is 2. The van der Waals surface area contributed by atoms with Gasteiger partial charge < -0.3 is 14.7 Å². The molecule has 0 radical (unpaired) electrons. The van der Waals surface area contributed by atoms with E-state index in [4.69, 9.17) is 4.52 Å².